The number of hydrogen-bond donors (Lipinski definition) is 2. The Morgan fingerprint density at radius 3 is 2.65 bits per heavy atom. The predicted octanol–water partition coefficient (Wildman–Crippen LogP) is 4.00. The zero-order valence-corrected chi connectivity index (χ0v) is 21.6. The molecule has 10 nitrogen and oxygen atoms in total. The number of aromatic nitrogens is 4. The molecule has 37 heavy (non-hydrogen) atoms. The van der Waals surface area contributed by atoms with Crippen LogP contribution in [0.3, 0.4) is 0 Å². The molecule has 0 spiro atoms. The van der Waals surface area contributed by atoms with Gasteiger partial charge in [-0.3, -0.25) is 9.20 Å². The van der Waals surface area contributed by atoms with E-state index >= 15 is 0 Å². The first-order valence-electron chi connectivity index (χ1n) is 11.4. The Morgan fingerprint density at radius 2 is 1.95 bits per heavy atom. The summed E-state index contributed by atoms with van der Waals surface area (Å²) in [6, 6.07) is 3.46. The lowest BCUT2D eigenvalue weighted by atomic mass is 10.0. The minimum absolute atomic E-state index is 0.0613. The van der Waals surface area contributed by atoms with Crippen LogP contribution in [0.4, 0.5) is 5.95 Å². The number of hydrogen-bond acceptors (Lipinski definition) is 8. The number of anilines is 1. The lowest BCUT2D eigenvalue weighted by Gasteiger charge is -2.19. The van der Waals surface area contributed by atoms with E-state index in [-0.39, 0.29) is 17.9 Å². The van der Waals surface area contributed by atoms with E-state index in [4.69, 9.17) is 42.4 Å². The number of halogens is 2. The van der Waals surface area contributed by atoms with Crippen LogP contribution >= 0.6 is 23.2 Å². The molecule has 1 aliphatic heterocycles. The van der Waals surface area contributed by atoms with Crippen LogP contribution in [-0.4, -0.2) is 65.3 Å². The number of fused-ring (bicyclic) bond motifs is 3. The molecule has 4 aromatic rings. The van der Waals surface area contributed by atoms with E-state index in [0.717, 1.165) is 5.39 Å². The number of nitrogens with one attached hydrogen (secondary N) is 2. The maximum absolute atomic E-state index is 11.6. The van der Waals surface area contributed by atoms with Crippen LogP contribution in [0.2, 0.25) is 10.0 Å². The van der Waals surface area contributed by atoms with E-state index in [2.05, 4.69) is 27.2 Å². The number of ether oxygens (including phenoxy) is 3. The molecule has 2 N–H and O–H groups in total. The van der Waals surface area contributed by atoms with Gasteiger partial charge in [-0.15, -0.1) is 0 Å². The van der Waals surface area contributed by atoms with Crippen molar-refractivity contribution >= 4 is 51.7 Å². The van der Waals surface area contributed by atoms with E-state index in [0.29, 0.717) is 69.7 Å². The summed E-state index contributed by atoms with van der Waals surface area (Å²) in [5.41, 5.74) is 2.46. The molecule has 1 amide bonds. The number of benzene rings is 1. The Bertz CT molecular complexity index is 1480. The largest absolute Gasteiger partial charge is 0.495 e. The monoisotopic (exact) mass is 542 g/mol. The third kappa shape index (κ3) is 4.63. The summed E-state index contributed by atoms with van der Waals surface area (Å²) in [7, 11) is 3.05. The van der Waals surface area contributed by atoms with E-state index in [1.807, 2.05) is 16.7 Å². The Hall–Kier alpha value is -3.60. The van der Waals surface area contributed by atoms with Crippen LogP contribution in [-0.2, 0) is 9.53 Å². The SMILES string of the molecule is C=CC(=O)NC[C@H]1COC[C@H]1Nc1ncc2cc(-c3c(Cl)c(OC)cc(OC)c3Cl)c3nccn3c2n1. The van der Waals surface area contributed by atoms with Gasteiger partial charge in [-0.1, -0.05) is 29.8 Å². The molecule has 4 heterocycles. The van der Waals surface area contributed by atoms with E-state index in [1.54, 1.807) is 18.5 Å². The molecule has 1 aliphatic rings. The van der Waals surface area contributed by atoms with Gasteiger partial charge in [-0.05, 0) is 12.1 Å². The number of carbonyl (C=O) groups excluding carboxylic acids is 1. The molecule has 0 radical (unpaired) electrons. The highest BCUT2D eigenvalue weighted by Gasteiger charge is 2.29. The summed E-state index contributed by atoms with van der Waals surface area (Å²) in [6.07, 6.45) is 6.45. The minimum atomic E-state index is -0.222. The molecule has 3 aromatic heterocycles. The second kappa shape index (κ2) is 10.4. The summed E-state index contributed by atoms with van der Waals surface area (Å²) in [6.45, 7) is 4.93. The van der Waals surface area contributed by atoms with Crippen molar-refractivity contribution in [1.29, 1.82) is 0 Å². The number of imidazole rings is 1. The van der Waals surface area contributed by atoms with Crippen LogP contribution in [0.15, 0.2) is 43.4 Å². The summed E-state index contributed by atoms with van der Waals surface area (Å²) in [4.78, 5) is 25.4. The molecule has 1 saturated heterocycles. The van der Waals surface area contributed by atoms with Crippen molar-refractivity contribution in [2.45, 2.75) is 6.04 Å². The fraction of sp³-hybridized carbons (Fsp3) is 0.280. The molecular formula is C25H24Cl2N6O4. The predicted molar refractivity (Wildman–Crippen MR) is 142 cm³/mol. The van der Waals surface area contributed by atoms with E-state index < -0.39 is 0 Å². The van der Waals surface area contributed by atoms with Crippen molar-refractivity contribution in [3.8, 4) is 22.6 Å². The fourth-order valence-electron chi connectivity index (χ4n) is 4.38. The van der Waals surface area contributed by atoms with Crippen molar-refractivity contribution in [2.24, 2.45) is 5.92 Å². The molecule has 0 saturated carbocycles. The van der Waals surface area contributed by atoms with Gasteiger partial charge in [0, 0.05) is 53.6 Å². The highest BCUT2D eigenvalue weighted by Crippen LogP contribution is 2.47. The first-order chi connectivity index (χ1) is 17.9. The maximum atomic E-state index is 11.6. The van der Waals surface area contributed by atoms with Gasteiger partial charge in [-0.25, -0.2) is 9.97 Å². The molecule has 5 rings (SSSR count). The first-order valence-corrected chi connectivity index (χ1v) is 12.2. The molecule has 1 fully saturated rings. The second-order valence-corrected chi connectivity index (χ2v) is 9.19. The standard InChI is InChI=1S/C25H24Cl2N6O4/c1-4-19(34)29-10-14-11-37-12-16(14)31-25-30-9-13-7-15(24-28-5-6-33(24)23(13)32-25)20-21(26)17(35-2)8-18(36-3)22(20)27/h4-9,14,16H,1,10-12H2,2-3H3,(H,29,34)(H,30,31,32)/t14-,16+/m0/s1. The number of methoxy groups -OCH3 is 2. The van der Waals surface area contributed by atoms with Gasteiger partial charge in [-0.2, -0.15) is 4.98 Å². The summed E-state index contributed by atoms with van der Waals surface area (Å²) in [5, 5.41) is 7.59. The van der Waals surface area contributed by atoms with E-state index in [1.165, 1.54) is 20.3 Å². The second-order valence-electron chi connectivity index (χ2n) is 8.43. The molecule has 0 unspecified atom stereocenters. The average molecular weight is 543 g/mol. The van der Waals surface area contributed by atoms with Crippen LogP contribution < -0.4 is 20.1 Å². The lowest BCUT2D eigenvalue weighted by molar-refractivity contribution is -0.116. The van der Waals surface area contributed by atoms with Crippen LogP contribution in [0.1, 0.15) is 0 Å². The first kappa shape index (κ1) is 25.1. The zero-order valence-electron chi connectivity index (χ0n) is 20.1. The Morgan fingerprint density at radius 1 is 1.19 bits per heavy atom. The number of nitrogens with zero attached hydrogens (tertiary/aromatic N) is 4. The van der Waals surface area contributed by atoms with Gasteiger partial charge in [0.05, 0.1) is 43.5 Å². The van der Waals surface area contributed by atoms with Crippen LogP contribution in [0, 0.1) is 5.92 Å². The Balaban J connectivity index is 1.54. The lowest BCUT2D eigenvalue weighted by Crippen LogP contribution is -2.37. The maximum Gasteiger partial charge on any atom is 0.243 e. The average Bonchev–Trinajstić information content (AvgIpc) is 3.58. The van der Waals surface area contributed by atoms with Gasteiger partial charge in [0.1, 0.15) is 17.1 Å². The topological polar surface area (TPSA) is 112 Å². The van der Waals surface area contributed by atoms with Crippen molar-refractivity contribution in [3.05, 3.63) is 53.4 Å². The van der Waals surface area contributed by atoms with Crippen molar-refractivity contribution in [3.63, 3.8) is 0 Å². The third-order valence-electron chi connectivity index (χ3n) is 6.29. The van der Waals surface area contributed by atoms with Gasteiger partial charge in [0.25, 0.3) is 0 Å². The van der Waals surface area contributed by atoms with Gasteiger partial charge < -0.3 is 24.8 Å². The normalized spacial score (nSPS) is 17.2. The summed E-state index contributed by atoms with van der Waals surface area (Å²) in [5.74, 6) is 1.13. The van der Waals surface area contributed by atoms with Crippen LogP contribution in [0.5, 0.6) is 11.5 Å². The van der Waals surface area contributed by atoms with Crippen molar-refractivity contribution in [1.82, 2.24) is 24.7 Å². The van der Waals surface area contributed by atoms with Crippen molar-refractivity contribution in [2.75, 3.05) is 39.3 Å². The smallest absolute Gasteiger partial charge is 0.243 e. The molecule has 192 valence electrons. The quantitative estimate of drug-likeness (QED) is 0.321. The molecule has 12 heteroatoms. The highest BCUT2D eigenvalue weighted by atomic mass is 35.5. The Labute approximate surface area is 222 Å². The third-order valence-corrected chi connectivity index (χ3v) is 7.04. The number of amides is 1. The van der Waals surface area contributed by atoms with Gasteiger partial charge in [0.2, 0.25) is 11.9 Å². The van der Waals surface area contributed by atoms with Gasteiger partial charge in [0.15, 0.2) is 5.65 Å². The number of rotatable bonds is 8. The molecule has 1 aromatic carbocycles. The summed E-state index contributed by atoms with van der Waals surface area (Å²) < 4.78 is 18.4. The fourth-order valence-corrected chi connectivity index (χ4v) is 5.08. The highest BCUT2D eigenvalue weighted by molar-refractivity contribution is 6.41. The zero-order chi connectivity index (χ0) is 26.1. The molecular weight excluding hydrogens is 519 g/mol. The Kier molecular flexibility index (Phi) is 7.05. The number of carbonyl (C=O) groups is 1. The van der Waals surface area contributed by atoms with Crippen LogP contribution in [0.25, 0.3) is 27.8 Å². The molecule has 0 bridgehead atoms. The van der Waals surface area contributed by atoms with Gasteiger partial charge >= 0.3 is 0 Å². The molecule has 2 atom stereocenters. The summed E-state index contributed by atoms with van der Waals surface area (Å²) >= 11 is 13.4. The molecule has 0 aliphatic carbocycles. The minimum Gasteiger partial charge on any atom is -0.495 e. The number of pyridine rings is 1. The van der Waals surface area contributed by atoms with Crippen molar-refractivity contribution < 1.29 is 19.0 Å². The van der Waals surface area contributed by atoms with E-state index in [9.17, 15) is 4.79 Å².